The van der Waals surface area contributed by atoms with E-state index in [9.17, 15) is 9.90 Å². The smallest absolute Gasteiger partial charge is 0.406 e. The zero-order chi connectivity index (χ0) is 8.97. The number of aliphatic hydroxyl groups is 1. The van der Waals surface area contributed by atoms with E-state index in [4.69, 9.17) is 4.74 Å². The van der Waals surface area contributed by atoms with Crippen LogP contribution in [0.25, 0.3) is 0 Å². The molecule has 1 aliphatic heterocycles. The standard InChI is InChI=1S/C7H14N2O3/c1-8-7(11)12-4-5-2-9-3-6(5)10/h5-6,9-10H,2-4H2,1H3,(H,8,11)/t5-,6+/m1/s1. The predicted octanol–water partition coefficient (Wildman–Crippen LogP) is -1.08. The summed E-state index contributed by atoms with van der Waals surface area (Å²) in [5.74, 6) is 0.0299. The lowest BCUT2D eigenvalue weighted by molar-refractivity contribution is 0.0816. The second-order valence-corrected chi connectivity index (χ2v) is 2.83. The van der Waals surface area contributed by atoms with Crippen molar-refractivity contribution in [3.8, 4) is 0 Å². The van der Waals surface area contributed by atoms with Gasteiger partial charge in [-0.3, -0.25) is 0 Å². The first-order valence-electron chi connectivity index (χ1n) is 3.97. The van der Waals surface area contributed by atoms with E-state index in [0.717, 1.165) is 0 Å². The molecule has 0 aliphatic carbocycles. The number of nitrogens with one attached hydrogen (secondary N) is 2. The Kier molecular flexibility index (Phi) is 3.31. The molecule has 0 aromatic heterocycles. The van der Waals surface area contributed by atoms with Gasteiger partial charge in [0.25, 0.3) is 0 Å². The molecule has 5 heteroatoms. The van der Waals surface area contributed by atoms with Gasteiger partial charge < -0.3 is 20.5 Å². The Morgan fingerprint density at radius 1 is 1.75 bits per heavy atom. The van der Waals surface area contributed by atoms with Crippen LogP contribution in [-0.4, -0.2) is 44.0 Å². The molecule has 0 radical (unpaired) electrons. The first-order valence-corrected chi connectivity index (χ1v) is 3.97. The molecule has 1 fully saturated rings. The molecule has 0 aromatic carbocycles. The third-order valence-electron chi connectivity index (χ3n) is 1.94. The van der Waals surface area contributed by atoms with E-state index in [1.807, 2.05) is 0 Å². The van der Waals surface area contributed by atoms with Crippen molar-refractivity contribution in [1.29, 1.82) is 0 Å². The summed E-state index contributed by atoms with van der Waals surface area (Å²) in [6.07, 6.45) is -0.844. The van der Waals surface area contributed by atoms with Crippen molar-refractivity contribution in [3.63, 3.8) is 0 Å². The van der Waals surface area contributed by atoms with Crippen molar-refractivity contribution in [1.82, 2.24) is 10.6 Å². The number of ether oxygens (including phenoxy) is 1. The molecule has 0 bridgehead atoms. The molecule has 0 unspecified atom stereocenters. The summed E-state index contributed by atoms with van der Waals surface area (Å²) in [5, 5.41) is 14.6. The molecule has 1 aliphatic rings. The Bertz CT molecular complexity index is 163. The Morgan fingerprint density at radius 3 is 3.00 bits per heavy atom. The summed E-state index contributed by atoms with van der Waals surface area (Å²) in [6.45, 7) is 1.56. The van der Waals surface area contributed by atoms with Crippen molar-refractivity contribution >= 4 is 6.09 Å². The molecular weight excluding hydrogens is 160 g/mol. The minimum Gasteiger partial charge on any atom is -0.449 e. The van der Waals surface area contributed by atoms with E-state index in [0.29, 0.717) is 13.1 Å². The van der Waals surface area contributed by atoms with Crippen LogP contribution in [0.2, 0.25) is 0 Å². The van der Waals surface area contributed by atoms with Crippen LogP contribution in [0.15, 0.2) is 0 Å². The highest BCUT2D eigenvalue weighted by Gasteiger charge is 2.25. The number of hydrogen-bond acceptors (Lipinski definition) is 4. The van der Waals surface area contributed by atoms with E-state index < -0.39 is 12.2 Å². The van der Waals surface area contributed by atoms with Crippen LogP contribution in [-0.2, 0) is 4.74 Å². The van der Waals surface area contributed by atoms with Gasteiger partial charge in [-0.15, -0.1) is 0 Å². The van der Waals surface area contributed by atoms with Gasteiger partial charge >= 0.3 is 6.09 Å². The number of rotatable bonds is 2. The molecule has 1 amide bonds. The van der Waals surface area contributed by atoms with Crippen LogP contribution >= 0.6 is 0 Å². The summed E-state index contributed by atoms with van der Waals surface area (Å²) in [5.41, 5.74) is 0. The fourth-order valence-corrected chi connectivity index (χ4v) is 1.14. The van der Waals surface area contributed by atoms with Crippen molar-refractivity contribution in [2.24, 2.45) is 5.92 Å². The van der Waals surface area contributed by atoms with Crippen LogP contribution in [0.5, 0.6) is 0 Å². The van der Waals surface area contributed by atoms with Crippen molar-refractivity contribution < 1.29 is 14.6 Å². The zero-order valence-electron chi connectivity index (χ0n) is 7.04. The first-order chi connectivity index (χ1) is 5.74. The molecule has 5 nitrogen and oxygen atoms in total. The summed E-state index contributed by atoms with van der Waals surface area (Å²) in [7, 11) is 1.51. The molecule has 0 saturated carbocycles. The Hall–Kier alpha value is -0.810. The number of aliphatic hydroxyl groups excluding tert-OH is 1. The van der Waals surface area contributed by atoms with E-state index in [1.54, 1.807) is 0 Å². The minimum absolute atomic E-state index is 0.0299. The van der Waals surface area contributed by atoms with Gasteiger partial charge in [-0.1, -0.05) is 0 Å². The van der Waals surface area contributed by atoms with E-state index in [1.165, 1.54) is 7.05 Å². The maximum atomic E-state index is 10.6. The monoisotopic (exact) mass is 174 g/mol. The van der Waals surface area contributed by atoms with Crippen molar-refractivity contribution in [2.45, 2.75) is 6.10 Å². The topological polar surface area (TPSA) is 70.6 Å². The number of amides is 1. The lowest BCUT2D eigenvalue weighted by Crippen LogP contribution is -2.27. The molecule has 0 aromatic rings. The molecular formula is C7H14N2O3. The van der Waals surface area contributed by atoms with E-state index in [-0.39, 0.29) is 12.5 Å². The molecule has 3 N–H and O–H groups in total. The fraction of sp³-hybridized carbons (Fsp3) is 0.857. The highest BCUT2D eigenvalue weighted by atomic mass is 16.5. The van der Waals surface area contributed by atoms with Crippen molar-refractivity contribution in [2.75, 3.05) is 26.7 Å². The van der Waals surface area contributed by atoms with Gasteiger partial charge in [-0.05, 0) is 0 Å². The predicted molar refractivity (Wildman–Crippen MR) is 42.8 cm³/mol. The van der Waals surface area contributed by atoms with E-state index >= 15 is 0 Å². The van der Waals surface area contributed by atoms with Crippen LogP contribution in [0.1, 0.15) is 0 Å². The molecule has 1 heterocycles. The number of carbonyl (C=O) groups excluding carboxylic acids is 1. The molecule has 2 atom stereocenters. The van der Waals surface area contributed by atoms with Crippen LogP contribution in [0, 0.1) is 5.92 Å². The third-order valence-corrected chi connectivity index (χ3v) is 1.94. The van der Waals surface area contributed by atoms with Crippen LogP contribution in [0.3, 0.4) is 0 Å². The minimum atomic E-state index is -0.450. The lowest BCUT2D eigenvalue weighted by Gasteiger charge is -2.12. The number of hydrogen-bond donors (Lipinski definition) is 3. The fourth-order valence-electron chi connectivity index (χ4n) is 1.14. The van der Waals surface area contributed by atoms with Gasteiger partial charge in [0.2, 0.25) is 0 Å². The second-order valence-electron chi connectivity index (χ2n) is 2.83. The average molecular weight is 174 g/mol. The maximum absolute atomic E-state index is 10.6. The normalized spacial score (nSPS) is 28.5. The summed E-state index contributed by atoms with van der Waals surface area (Å²) >= 11 is 0. The van der Waals surface area contributed by atoms with Gasteiger partial charge in [-0.2, -0.15) is 0 Å². The molecule has 0 spiro atoms. The Balaban J connectivity index is 2.18. The lowest BCUT2D eigenvalue weighted by atomic mass is 10.1. The Morgan fingerprint density at radius 2 is 2.50 bits per heavy atom. The van der Waals surface area contributed by atoms with Gasteiger partial charge in [-0.25, -0.2) is 4.79 Å². The first kappa shape index (κ1) is 9.28. The largest absolute Gasteiger partial charge is 0.449 e. The SMILES string of the molecule is CNC(=O)OC[C@H]1CNC[C@@H]1O. The highest BCUT2D eigenvalue weighted by molar-refractivity contribution is 5.66. The molecule has 1 rings (SSSR count). The van der Waals surface area contributed by atoms with Gasteiger partial charge in [0, 0.05) is 26.1 Å². The Labute approximate surface area is 71.1 Å². The van der Waals surface area contributed by atoms with Crippen LogP contribution in [0.4, 0.5) is 4.79 Å². The van der Waals surface area contributed by atoms with Gasteiger partial charge in [0.1, 0.15) is 0 Å². The summed E-state index contributed by atoms with van der Waals surface area (Å²) < 4.78 is 4.80. The second kappa shape index (κ2) is 4.27. The average Bonchev–Trinajstić information content (AvgIpc) is 2.47. The third kappa shape index (κ3) is 2.35. The highest BCUT2D eigenvalue weighted by Crippen LogP contribution is 2.08. The molecule has 70 valence electrons. The summed E-state index contributed by atoms with van der Waals surface area (Å²) in [6, 6.07) is 0. The van der Waals surface area contributed by atoms with Gasteiger partial charge in [0.05, 0.1) is 12.7 Å². The summed E-state index contributed by atoms with van der Waals surface area (Å²) in [4.78, 5) is 10.6. The number of alkyl carbamates (subject to hydrolysis) is 1. The van der Waals surface area contributed by atoms with Crippen molar-refractivity contribution in [3.05, 3.63) is 0 Å². The van der Waals surface area contributed by atoms with E-state index in [2.05, 4.69) is 10.6 Å². The quantitative estimate of drug-likeness (QED) is 0.498. The number of carbonyl (C=O) groups is 1. The van der Waals surface area contributed by atoms with Gasteiger partial charge in [0.15, 0.2) is 0 Å². The maximum Gasteiger partial charge on any atom is 0.406 e. The molecule has 1 saturated heterocycles. The van der Waals surface area contributed by atoms with Crippen LogP contribution < -0.4 is 10.6 Å². The number of β-amino-alcohol motifs (C(OH)–C–C–N with tert-alkyl or cyclic N) is 1. The zero-order valence-corrected chi connectivity index (χ0v) is 7.04. The molecule has 12 heavy (non-hydrogen) atoms.